The topological polar surface area (TPSA) is 35.2 Å². The number of benzene rings is 2. The second kappa shape index (κ2) is 6.17. The first-order chi connectivity index (χ1) is 9.10. The van der Waals surface area contributed by atoms with Crippen LogP contribution in [0.25, 0.3) is 0 Å². The Hall–Kier alpha value is -1.39. The molecule has 2 rings (SSSR count). The third kappa shape index (κ3) is 3.55. The van der Waals surface area contributed by atoms with Crippen molar-refractivity contribution >= 4 is 15.9 Å². The Bertz CT molecular complexity index is 557. The Kier molecular flexibility index (Phi) is 4.56. The van der Waals surface area contributed by atoms with Gasteiger partial charge in [0.2, 0.25) is 0 Å². The van der Waals surface area contributed by atoms with Crippen molar-refractivity contribution in [3.63, 3.8) is 0 Å². The fourth-order valence-corrected chi connectivity index (χ4v) is 2.30. The van der Waals surface area contributed by atoms with Crippen LogP contribution in [0.4, 0.5) is 4.39 Å². The number of hydrogen-bond acceptors (Lipinski definition) is 2. The first kappa shape index (κ1) is 14.0. The Labute approximate surface area is 120 Å². The van der Waals surface area contributed by atoms with Gasteiger partial charge in [0.25, 0.3) is 0 Å². The number of hydrogen-bond donors (Lipinski definition) is 1. The predicted molar refractivity (Wildman–Crippen MR) is 77.7 cm³/mol. The zero-order valence-electron chi connectivity index (χ0n) is 10.6. The molecule has 0 heterocycles. The third-order valence-corrected chi connectivity index (χ3v) is 3.47. The molecule has 0 bridgehead atoms. The van der Waals surface area contributed by atoms with Crippen LogP contribution < -0.4 is 10.5 Å². The normalized spacial score (nSPS) is 12.2. The van der Waals surface area contributed by atoms with Gasteiger partial charge in [-0.15, -0.1) is 0 Å². The Morgan fingerprint density at radius 1 is 1.21 bits per heavy atom. The van der Waals surface area contributed by atoms with Crippen molar-refractivity contribution in [2.45, 2.75) is 12.5 Å². The molecular weight excluding hydrogens is 309 g/mol. The summed E-state index contributed by atoms with van der Waals surface area (Å²) in [5.41, 5.74) is 7.64. The standard InChI is InChI=1S/C15H15BrFNO/c1-19-12-5-2-10(3-6-12)8-15(18)13-9-11(16)4-7-14(13)17/h2-7,9,15H,8,18H2,1H3. The quantitative estimate of drug-likeness (QED) is 0.927. The average Bonchev–Trinajstić information content (AvgIpc) is 2.42. The molecule has 1 unspecified atom stereocenters. The molecule has 0 aliphatic heterocycles. The lowest BCUT2D eigenvalue weighted by molar-refractivity contribution is 0.414. The second-order valence-corrected chi connectivity index (χ2v) is 5.24. The zero-order chi connectivity index (χ0) is 13.8. The molecule has 2 N–H and O–H groups in total. The summed E-state index contributed by atoms with van der Waals surface area (Å²) in [6, 6.07) is 12.1. The van der Waals surface area contributed by atoms with Crippen LogP contribution in [-0.4, -0.2) is 7.11 Å². The largest absolute Gasteiger partial charge is 0.497 e. The monoisotopic (exact) mass is 323 g/mol. The molecule has 0 saturated heterocycles. The van der Waals surface area contributed by atoms with E-state index in [1.807, 2.05) is 24.3 Å². The molecule has 0 spiro atoms. The lowest BCUT2D eigenvalue weighted by atomic mass is 9.99. The molecule has 0 fully saturated rings. The number of halogens is 2. The maximum absolute atomic E-state index is 13.7. The lowest BCUT2D eigenvalue weighted by Crippen LogP contribution is -2.15. The van der Waals surface area contributed by atoms with Gasteiger partial charge in [0.1, 0.15) is 11.6 Å². The molecule has 2 aromatic carbocycles. The van der Waals surface area contributed by atoms with E-state index in [2.05, 4.69) is 15.9 Å². The van der Waals surface area contributed by atoms with Crippen molar-refractivity contribution in [2.24, 2.45) is 5.73 Å². The molecule has 19 heavy (non-hydrogen) atoms. The smallest absolute Gasteiger partial charge is 0.128 e. The molecule has 0 aliphatic carbocycles. The van der Waals surface area contributed by atoms with Gasteiger partial charge in [-0.1, -0.05) is 28.1 Å². The van der Waals surface area contributed by atoms with Crippen LogP contribution in [0, 0.1) is 5.82 Å². The molecule has 2 aromatic rings. The Morgan fingerprint density at radius 2 is 1.89 bits per heavy atom. The highest BCUT2D eigenvalue weighted by molar-refractivity contribution is 9.10. The lowest BCUT2D eigenvalue weighted by Gasteiger charge is -2.14. The van der Waals surface area contributed by atoms with E-state index in [1.54, 1.807) is 19.2 Å². The van der Waals surface area contributed by atoms with Gasteiger partial charge in [0, 0.05) is 16.1 Å². The Morgan fingerprint density at radius 3 is 2.53 bits per heavy atom. The Balaban J connectivity index is 2.15. The summed E-state index contributed by atoms with van der Waals surface area (Å²) in [7, 11) is 1.62. The molecule has 0 saturated carbocycles. The molecule has 0 aliphatic rings. The van der Waals surface area contributed by atoms with Crippen LogP contribution >= 0.6 is 15.9 Å². The van der Waals surface area contributed by atoms with Gasteiger partial charge >= 0.3 is 0 Å². The highest BCUT2D eigenvalue weighted by atomic mass is 79.9. The number of ether oxygens (including phenoxy) is 1. The fraction of sp³-hybridized carbons (Fsp3) is 0.200. The molecule has 100 valence electrons. The van der Waals surface area contributed by atoms with E-state index in [0.29, 0.717) is 12.0 Å². The molecular formula is C15H15BrFNO. The molecule has 4 heteroatoms. The molecule has 1 atom stereocenters. The summed E-state index contributed by atoms with van der Waals surface area (Å²) in [6.45, 7) is 0. The maximum atomic E-state index is 13.7. The predicted octanol–water partition coefficient (Wildman–Crippen LogP) is 3.84. The zero-order valence-corrected chi connectivity index (χ0v) is 12.2. The minimum atomic E-state index is -0.370. The first-order valence-electron chi connectivity index (χ1n) is 5.93. The van der Waals surface area contributed by atoms with Crippen molar-refractivity contribution in [1.82, 2.24) is 0 Å². The van der Waals surface area contributed by atoms with Crippen LogP contribution in [0.15, 0.2) is 46.9 Å². The van der Waals surface area contributed by atoms with E-state index in [-0.39, 0.29) is 11.9 Å². The van der Waals surface area contributed by atoms with Crippen molar-refractivity contribution < 1.29 is 9.13 Å². The summed E-state index contributed by atoms with van der Waals surface area (Å²) in [5.74, 6) is 0.523. The summed E-state index contributed by atoms with van der Waals surface area (Å²) in [5, 5.41) is 0. The first-order valence-corrected chi connectivity index (χ1v) is 6.73. The molecule has 0 aromatic heterocycles. The third-order valence-electron chi connectivity index (χ3n) is 2.97. The van der Waals surface area contributed by atoms with Crippen LogP contribution in [0.2, 0.25) is 0 Å². The summed E-state index contributed by atoms with van der Waals surface area (Å²) < 4.78 is 19.6. The number of rotatable bonds is 4. The SMILES string of the molecule is COc1ccc(CC(N)c2cc(Br)ccc2F)cc1. The highest BCUT2D eigenvalue weighted by Crippen LogP contribution is 2.23. The van der Waals surface area contributed by atoms with E-state index in [0.717, 1.165) is 15.8 Å². The van der Waals surface area contributed by atoms with Gasteiger partial charge in [-0.05, 0) is 42.3 Å². The van der Waals surface area contributed by atoms with E-state index >= 15 is 0 Å². The summed E-state index contributed by atoms with van der Waals surface area (Å²) in [6.07, 6.45) is 0.581. The molecule has 0 amide bonds. The number of nitrogens with two attached hydrogens (primary N) is 1. The van der Waals surface area contributed by atoms with Gasteiger partial charge in [-0.3, -0.25) is 0 Å². The highest BCUT2D eigenvalue weighted by Gasteiger charge is 2.12. The van der Waals surface area contributed by atoms with Gasteiger partial charge < -0.3 is 10.5 Å². The van der Waals surface area contributed by atoms with Crippen molar-refractivity contribution in [3.05, 3.63) is 63.9 Å². The van der Waals surface area contributed by atoms with Crippen molar-refractivity contribution in [1.29, 1.82) is 0 Å². The minimum Gasteiger partial charge on any atom is -0.497 e. The van der Waals surface area contributed by atoms with Gasteiger partial charge in [0.05, 0.1) is 7.11 Å². The van der Waals surface area contributed by atoms with Crippen molar-refractivity contribution in [2.75, 3.05) is 7.11 Å². The van der Waals surface area contributed by atoms with Crippen LogP contribution in [0.1, 0.15) is 17.2 Å². The van der Waals surface area contributed by atoms with Gasteiger partial charge in [0.15, 0.2) is 0 Å². The van der Waals surface area contributed by atoms with Crippen LogP contribution in [0.3, 0.4) is 0 Å². The van der Waals surface area contributed by atoms with E-state index in [9.17, 15) is 4.39 Å². The fourth-order valence-electron chi connectivity index (χ4n) is 1.92. The van der Waals surface area contributed by atoms with E-state index in [4.69, 9.17) is 10.5 Å². The van der Waals surface area contributed by atoms with Gasteiger partial charge in [-0.2, -0.15) is 0 Å². The van der Waals surface area contributed by atoms with Crippen LogP contribution in [-0.2, 0) is 6.42 Å². The average molecular weight is 324 g/mol. The molecule has 2 nitrogen and oxygen atoms in total. The number of methoxy groups -OCH3 is 1. The van der Waals surface area contributed by atoms with Crippen molar-refractivity contribution in [3.8, 4) is 5.75 Å². The maximum Gasteiger partial charge on any atom is 0.128 e. The van der Waals surface area contributed by atoms with E-state index in [1.165, 1.54) is 6.07 Å². The minimum absolute atomic E-state index is 0.274. The summed E-state index contributed by atoms with van der Waals surface area (Å²) >= 11 is 3.33. The van der Waals surface area contributed by atoms with Gasteiger partial charge in [-0.25, -0.2) is 4.39 Å². The molecule has 0 radical (unpaired) electrons. The van der Waals surface area contributed by atoms with Crippen LogP contribution in [0.5, 0.6) is 5.75 Å². The summed E-state index contributed by atoms with van der Waals surface area (Å²) in [4.78, 5) is 0. The van der Waals surface area contributed by atoms with E-state index < -0.39 is 0 Å². The second-order valence-electron chi connectivity index (χ2n) is 4.32.